The molecule has 0 radical (unpaired) electrons. The number of hydrogen-bond acceptors (Lipinski definition) is 8. The van der Waals surface area contributed by atoms with Crippen LogP contribution < -0.4 is 4.74 Å². The van der Waals surface area contributed by atoms with Crippen LogP contribution in [-0.4, -0.2) is 62.3 Å². The minimum absolute atomic E-state index is 0.263. The molecule has 0 aliphatic carbocycles. The van der Waals surface area contributed by atoms with Gasteiger partial charge in [0.1, 0.15) is 21.1 Å². The van der Waals surface area contributed by atoms with Crippen LogP contribution in [0.2, 0.25) is 0 Å². The van der Waals surface area contributed by atoms with E-state index in [0.29, 0.717) is 6.07 Å². The van der Waals surface area contributed by atoms with E-state index >= 15 is 0 Å². The highest BCUT2D eigenvalue weighted by Gasteiger charge is 2.28. The maximum Gasteiger partial charge on any atom is 0.339 e. The van der Waals surface area contributed by atoms with E-state index < -0.39 is 69.8 Å². The van der Waals surface area contributed by atoms with Gasteiger partial charge >= 0.3 is 5.97 Å². The molecule has 1 aromatic carbocycles. The third kappa shape index (κ3) is 6.22. The van der Waals surface area contributed by atoms with E-state index in [1.807, 2.05) is 0 Å². The number of carbonyl (C=O) groups is 1. The highest BCUT2D eigenvalue weighted by Crippen LogP contribution is 2.30. The second-order valence-corrected chi connectivity index (χ2v) is 8.89. The predicted octanol–water partition coefficient (Wildman–Crippen LogP) is -0.465. The van der Waals surface area contributed by atoms with Crippen LogP contribution in [0.1, 0.15) is 16.8 Å². The Morgan fingerprint density at radius 1 is 0.920 bits per heavy atom. The van der Waals surface area contributed by atoms with Crippen LogP contribution in [0, 0.1) is 0 Å². The highest BCUT2D eigenvalue weighted by molar-refractivity contribution is 7.89. The molecule has 0 unspecified atom stereocenters. The number of ether oxygens (including phenoxy) is 1. The van der Waals surface area contributed by atoms with Crippen LogP contribution in [0.4, 0.5) is 0 Å². The lowest BCUT2D eigenvalue weighted by Crippen LogP contribution is -2.14. The van der Waals surface area contributed by atoms with Gasteiger partial charge in [-0.05, 0) is 12.5 Å². The number of hydrogen-bond donors (Lipinski definition) is 4. The van der Waals surface area contributed by atoms with E-state index in [0.717, 1.165) is 0 Å². The second-order valence-electron chi connectivity index (χ2n) is 4.54. The van der Waals surface area contributed by atoms with Gasteiger partial charge < -0.3 is 9.84 Å². The standard InChI is InChI=1S/C10H12O12S3/c11-10(12)6-4-8(24(16,17)18)9(25(19,20)21)5-7(6)22-2-1-3-23(13,14)15/h4-5H,1-3H2,(H,11,12)(H,13,14,15)(H,16,17,18)(H,19,20,21). The van der Waals surface area contributed by atoms with Gasteiger partial charge in [0, 0.05) is 6.07 Å². The molecule has 0 amide bonds. The van der Waals surface area contributed by atoms with Crippen molar-refractivity contribution in [1.29, 1.82) is 0 Å². The summed E-state index contributed by atoms with van der Waals surface area (Å²) in [6.45, 7) is -0.490. The van der Waals surface area contributed by atoms with E-state index in [9.17, 15) is 30.0 Å². The van der Waals surface area contributed by atoms with Gasteiger partial charge in [0.25, 0.3) is 30.4 Å². The number of benzene rings is 1. The van der Waals surface area contributed by atoms with Crippen LogP contribution in [0.3, 0.4) is 0 Å². The van der Waals surface area contributed by atoms with Crippen molar-refractivity contribution in [2.24, 2.45) is 0 Å². The third-order valence-corrected chi connectivity index (χ3v) is 5.36. The van der Waals surface area contributed by atoms with Crippen molar-refractivity contribution in [1.82, 2.24) is 0 Å². The molecule has 0 bridgehead atoms. The van der Waals surface area contributed by atoms with Gasteiger partial charge in [-0.15, -0.1) is 0 Å². The lowest BCUT2D eigenvalue weighted by molar-refractivity contribution is 0.0691. The Morgan fingerprint density at radius 2 is 1.40 bits per heavy atom. The molecular weight excluding hydrogens is 408 g/mol. The zero-order valence-corrected chi connectivity index (χ0v) is 14.5. The largest absolute Gasteiger partial charge is 0.493 e. The lowest BCUT2D eigenvalue weighted by Gasteiger charge is -2.12. The zero-order valence-electron chi connectivity index (χ0n) is 12.1. The Kier molecular flexibility index (Phi) is 6.14. The fourth-order valence-electron chi connectivity index (χ4n) is 1.65. The van der Waals surface area contributed by atoms with Crippen LogP contribution in [0.25, 0.3) is 0 Å². The van der Waals surface area contributed by atoms with Crippen molar-refractivity contribution >= 4 is 36.3 Å². The first-order valence-corrected chi connectivity index (χ1v) is 10.6. The average molecular weight is 420 g/mol. The fourth-order valence-corrected chi connectivity index (χ4v) is 3.92. The van der Waals surface area contributed by atoms with E-state index in [4.69, 9.17) is 23.5 Å². The number of rotatable bonds is 8. The first kappa shape index (κ1) is 21.3. The summed E-state index contributed by atoms with van der Waals surface area (Å²) in [5, 5.41) is 9.03. The summed E-state index contributed by atoms with van der Waals surface area (Å²) in [5.41, 5.74) is -0.869. The van der Waals surface area contributed by atoms with Crippen LogP contribution in [0.5, 0.6) is 5.75 Å². The van der Waals surface area contributed by atoms with Crippen LogP contribution >= 0.6 is 0 Å². The van der Waals surface area contributed by atoms with Crippen molar-refractivity contribution in [3.8, 4) is 5.75 Å². The molecule has 0 heterocycles. The molecule has 0 aliphatic rings. The number of aromatic carboxylic acids is 1. The summed E-state index contributed by atoms with van der Waals surface area (Å²) in [4.78, 5) is 8.44. The van der Waals surface area contributed by atoms with E-state index in [2.05, 4.69) is 0 Å². The van der Waals surface area contributed by atoms with Gasteiger partial charge in [0.05, 0.1) is 12.4 Å². The monoisotopic (exact) mass is 420 g/mol. The molecule has 1 aromatic rings. The van der Waals surface area contributed by atoms with Crippen molar-refractivity contribution in [2.45, 2.75) is 16.2 Å². The molecular formula is C10H12O12S3. The Balaban J connectivity index is 3.40. The summed E-state index contributed by atoms with van der Waals surface area (Å²) in [7, 11) is -14.7. The Morgan fingerprint density at radius 3 is 1.80 bits per heavy atom. The number of carboxylic acids is 1. The Hall–Kier alpha value is -1.78. The molecule has 142 valence electrons. The third-order valence-electron chi connectivity index (χ3n) is 2.64. The van der Waals surface area contributed by atoms with Gasteiger partial charge in [0.15, 0.2) is 0 Å². The highest BCUT2D eigenvalue weighted by atomic mass is 32.2. The van der Waals surface area contributed by atoms with Gasteiger partial charge in [-0.3, -0.25) is 13.7 Å². The molecule has 4 N–H and O–H groups in total. The normalized spacial score (nSPS) is 12.8. The molecule has 25 heavy (non-hydrogen) atoms. The topological polar surface area (TPSA) is 210 Å². The SMILES string of the molecule is O=C(O)c1cc(S(=O)(=O)O)c(S(=O)(=O)O)cc1OCCCS(=O)(=O)O. The van der Waals surface area contributed by atoms with E-state index in [1.165, 1.54) is 0 Å². The lowest BCUT2D eigenvalue weighted by atomic mass is 10.2. The first-order chi connectivity index (χ1) is 11.1. The van der Waals surface area contributed by atoms with Crippen LogP contribution in [-0.2, 0) is 30.4 Å². The van der Waals surface area contributed by atoms with Crippen molar-refractivity contribution < 1.29 is 53.5 Å². The van der Waals surface area contributed by atoms with Gasteiger partial charge in [-0.25, -0.2) is 4.79 Å². The van der Waals surface area contributed by atoms with E-state index in [1.54, 1.807) is 0 Å². The summed E-state index contributed by atoms with van der Waals surface area (Å²) in [6, 6.07) is 0.619. The molecule has 0 spiro atoms. The number of carboxylic acid groups (broad SMARTS) is 1. The quantitative estimate of drug-likeness (QED) is 0.311. The van der Waals surface area contributed by atoms with Crippen molar-refractivity contribution in [3.63, 3.8) is 0 Å². The summed E-state index contributed by atoms with van der Waals surface area (Å²) in [6.07, 6.45) is -0.306. The Labute approximate surface area is 142 Å². The van der Waals surface area contributed by atoms with Gasteiger partial charge in [-0.1, -0.05) is 0 Å². The molecule has 0 aliphatic heterocycles. The maximum absolute atomic E-state index is 11.3. The summed E-state index contributed by atoms with van der Waals surface area (Å²) < 4.78 is 97.5. The Bertz CT molecular complexity index is 988. The van der Waals surface area contributed by atoms with E-state index in [-0.39, 0.29) is 12.5 Å². The minimum atomic E-state index is -5.20. The van der Waals surface area contributed by atoms with Gasteiger partial charge in [0.2, 0.25) is 0 Å². The summed E-state index contributed by atoms with van der Waals surface area (Å²) >= 11 is 0. The van der Waals surface area contributed by atoms with Crippen molar-refractivity contribution in [3.05, 3.63) is 17.7 Å². The smallest absolute Gasteiger partial charge is 0.339 e. The predicted molar refractivity (Wildman–Crippen MR) is 79.6 cm³/mol. The molecule has 0 atom stereocenters. The molecule has 12 nitrogen and oxygen atoms in total. The minimum Gasteiger partial charge on any atom is -0.493 e. The van der Waals surface area contributed by atoms with Crippen molar-refractivity contribution in [2.75, 3.05) is 12.4 Å². The van der Waals surface area contributed by atoms with Gasteiger partial charge in [-0.2, -0.15) is 25.3 Å². The van der Waals surface area contributed by atoms with Crippen LogP contribution in [0.15, 0.2) is 21.9 Å². The fraction of sp³-hybridized carbons (Fsp3) is 0.300. The average Bonchev–Trinajstić information content (AvgIpc) is 2.39. The molecule has 1 rings (SSSR count). The second kappa shape index (κ2) is 7.22. The summed E-state index contributed by atoms with van der Waals surface area (Å²) in [5.74, 6) is -3.19. The molecule has 0 saturated carbocycles. The molecule has 15 heteroatoms. The molecule has 0 fully saturated rings. The first-order valence-electron chi connectivity index (χ1n) is 6.07. The maximum atomic E-state index is 11.3. The zero-order chi connectivity index (χ0) is 19.6. The molecule has 0 saturated heterocycles. The molecule has 0 aromatic heterocycles.